The molecule has 1 aromatic heterocycles. The maximum atomic E-state index is 12.8. The molecule has 1 amide bonds. The van der Waals surface area contributed by atoms with Gasteiger partial charge in [0.05, 0.1) is 0 Å². The second kappa shape index (κ2) is 5.87. The molecule has 0 radical (unpaired) electrons. The lowest BCUT2D eigenvalue weighted by molar-refractivity contribution is 0.0753. The number of amides is 1. The first kappa shape index (κ1) is 16.1. The molecular formula is C16H25N3OS. The third-order valence-electron chi connectivity index (χ3n) is 3.57. The predicted molar refractivity (Wildman–Crippen MR) is 89.8 cm³/mol. The highest BCUT2D eigenvalue weighted by Gasteiger charge is 2.27. The van der Waals surface area contributed by atoms with E-state index in [1.165, 1.54) is 0 Å². The van der Waals surface area contributed by atoms with E-state index in [9.17, 15) is 4.79 Å². The number of anilines is 1. The van der Waals surface area contributed by atoms with Crippen LogP contribution in [0.4, 0.5) is 5.82 Å². The molecule has 0 spiro atoms. The smallest absolute Gasteiger partial charge is 0.254 e. The number of nitrogens with two attached hydrogens (primary N) is 1. The monoisotopic (exact) mass is 307 g/mol. The Hall–Kier alpha value is -1.23. The van der Waals surface area contributed by atoms with Crippen LogP contribution in [0.25, 0.3) is 0 Å². The third-order valence-corrected chi connectivity index (χ3v) is 4.79. The Morgan fingerprint density at radius 2 is 1.86 bits per heavy atom. The molecule has 2 atom stereocenters. The van der Waals surface area contributed by atoms with Crippen molar-refractivity contribution in [1.82, 2.24) is 9.88 Å². The molecule has 5 heteroatoms. The first-order valence-corrected chi connectivity index (χ1v) is 8.34. The van der Waals surface area contributed by atoms with E-state index in [4.69, 9.17) is 5.73 Å². The molecule has 1 aromatic rings. The Morgan fingerprint density at radius 1 is 1.29 bits per heavy atom. The Balaban J connectivity index is 2.29. The summed E-state index contributed by atoms with van der Waals surface area (Å²) in [5.74, 6) is 0.479. The van der Waals surface area contributed by atoms with Crippen LogP contribution in [-0.4, -0.2) is 39.4 Å². The molecule has 2 N–H and O–H groups in total. The molecule has 1 saturated heterocycles. The zero-order valence-electron chi connectivity index (χ0n) is 13.5. The number of pyridine rings is 1. The summed E-state index contributed by atoms with van der Waals surface area (Å²) in [6.07, 6.45) is 0. The van der Waals surface area contributed by atoms with Crippen LogP contribution in [0.5, 0.6) is 0 Å². The van der Waals surface area contributed by atoms with Gasteiger partial charge in [-0.1, -0.05) is 34.6 Å². The zero-order valence-corrected chi connectivity index (χ0v) is 14.3. The number of carbonyl (C=O) groups is 1. The Morgan fingerprint density at radius 3 is 2.38 bits per heavy atom. The molecule has 4 nitrogen and oxygen atoms in total. The van der Waals surface area contributed by atoms with E-state index in [1.807, 2.05) is 22.7 Å². The minimum Gasteiger partial charge on any atom is -0.384 e. The zero-order chi connectivity index (χ0) is 15.8. The normalized spacial score (nSPS) is 23.2. The fourth-order valence-corrected chi connectivity index (χ4v) is 3.91. The van der Waals surface area contributed by atoms with Crippen molar-refractivity contribution >= 4 is 23.5 Å². The summed E-state index contributed by atoms with van der Waals surface area (Å²) in [4.78, 5) is 19.1. The molecule has 1 fully saturated rings. The number of hydrogen-bond donors (Lipinski definition) is 1. The van der Waals surface area contributed by atoms with Gasteiger partial charge in [0.25, 0.3) is 5.91 Å². The van der Waals surface area contributed by atoms with Gasteiger partial charge in [0.2, 0.25) is 0 Å². The highest BCUT2D eigenvalue weighted by Crippen LogP contribution is 2.27. The summed E-state index contributed by atoms with van der Waals surface area (Å²) >= 11 is 1.94. The van der Waals surface area contributed by atoms with Gasteiger partial charge >= 0.3 is 0 Å². The van der Waals surface area contributed by atoms with Crippen molar-refractivity contribution in [3.8, 4) is 0 Å². The van der Waals surface area contributed by atoms with E-state index in [-0.39, 0.29) is 11.3 Å². The van der Waals surface area contributed by atoms with Crippen LogP contribution < -0.4 is 5.73 Å². The molecule has 0 aliphatic carbocycles. The summed E-state index contributed by atoms with van der Waals surface area (Å²) in [5, 5.41) is 0.943. The number of hydrogen-bond acceptors (Lipinski definition) is 4. The summed E-state index contributed by atoms with van der Waals surface area (Å²) in [6, 6.07) is 3.57. The second-order valence-electron chi connectivity index (χ2n) is 6.88. The standard InChI is InChI=1S/C16H25N3OS/c1-10-8-19(9-11(2)21-10)15(20)12-6-13(16(3,4)5)18-14(17)7-12/h6-7,10-11H,8-9H2,1-5H3,(H2,17,18). The van der Waals surface area contributed by atoms with Gasteiger partial charge in [0.15, 0.2) is 0 Å². The number of nitrogen functional groups attached to an aromatic ring is 1. The van der Waals surface area contributed by atoms with E-state index in [2.05, 4.69) is 39.6 Å². The van der Waals surface area contributed by atoms with Gasteiger partial charge in [0, 0.05) is 40.3 Å². The van der Waals surface area contributed by atoms with Gasteiger partial charge in [0.1, 0.15) is 5.82 Å². The quantitative estimate of drug-likeness (QED) is 0.866. The maximum absolute atomic E-state index is 12.8. The lowest BCUT2D eigenvalue weighted by Crippen LogP contribution is -2.44. The van der Waals surface area contributed by atoms with Gasteiger partial charge in [-0.05, 0) is 12.1 Å². The molecule has 0 saturated carbocycles. The highest BCUT2D eigenvalue weighted by atomic mass is 32.2. The van der Waals surface area contributed by atoms with Crippen LogP contribution >= 0.6 is 11.8 Å². The first-order chi connectivity index (χ1) is 9.66. The van der Waals surface area contributed by atoms with Crippen molar-refractivity contribution in [3.63, 3.8) is 0 Å². The molecule has 2 heterocycles. The maximum Gasteiger partial charge on any atom is 0.254 e. The van der Waals surface area contributed by atoms with Crippen molar-refractivity contribution in [3.05, 3.63) is 23.4 Å². The number of nitrogens with zero attached hydrogens (tertiary/aromatic N) is 2. The molecule has 2 unspecified atom stereocenters. The van der Waals surface area contributed by atoms with E-state index in [0.717, 1.165) is 18.8 Å². The number of rotatable bonds is 1. The van der Waals surface area contributed by atoms with Gasteiger partial charge in [-0.2, -0.15) is 11.8 Å². The number of thioether (sulfide) groups is 1. The lowest BCUT2D eigenvalue weighted by Gasteiger charge is -2.34. The minimum atomic E-state index is -0.122. The molecule has 1 aliphatic heterocycles. The van der Waals surface area contributed by atoms with Crippen LogP contribution in [0.3, 0.4) is 0 Å². The molecule has 0 bridgehead atoms. The summed E-state index contributed by atoms with van der Waals surface area (Å²) in [6.45, 7) is 12.1. The molecule has 2 rings (SSSR count). The highest BCUT2D eigenvalue weighted by molar-refractivity contribution is 8.00. The lowest BCUT2D eigenvalue weighted by atomic mass is 9.90. The van der Waals surface area contributed by atoms with Crippen molar-refractivity contribution < 1.29 is 4.79 Å². The fraction of sp³-hybridized carbons (Fsp3) is 0.625. The van der Waals surface area contributed by atoms with Crippen molar-refractivity contribution in [2.24, 2.45) is 0 Å². The van der Waals surface area contributed by atoms with Gasteiger partial charge in [-0.15, -0.1) is 0 Å². The first-order valence-electron chi connectivity index (χ1n) is 7.39. The van der Waals surface area contributed by atoms with Crippen molar-refractivity contribution in [2.45, 2.75) is 50.5 Å². The number of carbonyl (C=O) groups excluding carboxylic acids is 1. The Bertz CT molecular complexity index is 529. The van der Waals surface area contributed by atoms with Crippen LogP contribution in [-0.2, 0) is 5.41 Å². The van der Waals surface area contributed by atoms with Gasteiger partial charge < -0.3 is 10.6 Å². The summed E-state index contributed by atoms with van der Waals surface area (Å²) in [7, 11) is 0. The van der Waals surface area contributed by atoms with Crippen LogP contribution in [0.1, 0.15) is 50.7 Å². The van der Waals surface area contributed by atoms with Crippen molar-refractivity contribution in [2.75, 3.05) is 18.8 Å². The average Bonchev–Trinajstić information content (AvgIpc) is 2.35. The SMILES string of the molecule is CC1CN(C(=O)c2cc(N)nc(C(C)(C)C)c2)CC(C)S1. The molecular weight excluding hydrogens is 282 g/mol. The molecule has 1 aliphatic rings. The van der Waals surface area contributed by atoms with E-state index >= 15 is 0 Å². The third kappa shape index (κ3) is 3.90. The number of aromatic nitrogens is 1. The fourth-order valence-electron chi connectivity index (χ4n) is 2.59. The van der Waals surface area contributed by atoms with Gasteiger partial charge in [-0.3, -0.25) is 4.79 Å². The predicted octanol–water partition coefficient (Wildman–Crippen LogP) is 2.93. The van der Waals surface area contributed by atoms with Gasteiger partial charge in [-0.25, -0.2) is 4.98 Å². The van der Waals surface area contributed by atoms with E-state index in [0.29, 0.717) is 21.9 Å². The average molecular weight is 307 g/mol. The topological polar surface area (TPSA) is 59.2 Å². The van der Waals surface area contributed by atoms with Crippen LogP contribution in [0.15, 0.2) is 12.1 Å². The summed E-state index contributed by atoms with van der Waals surface area (Å²) < 4.78 is 0. The Labute approximate surface area is 131 Å². The minimum absolute atomic E-state index is 0.0635. The van der Waals surface area contributed by atoms with E-state index < -0.39 is 0 Å². The van der Waals surface area contributed by atoms with E-state index in [1.54, 1.807) is 6.07 Å². The van der Waals surface area contributed by atoms with Crippen LogP contribution in [0.2, 0.25) is 0 Å². The second-order valence-corrected chi connectivity index (χ2v) is 8.77. The molecule has 116 valence electrons. The molecule has 0 aromatic carbocycles. The summed E-state index contributed by atoms with van der Waals surface area (Å²) in [5.41, 5.74) is 7.28. The largest absolute Gasteiger partial charge is 0.384 e. The van der Waals surface area contributed by atoms with Crippen LogP contribution in [0, 0.1) is 0 Å². The van der Waals surface area contributed by atoms with Crippen molar-refractivity contribution in [1.29, 1.82) is 0 Å². The Kier molecular flexibility index (Phi) is 4.51. The molecule has 21 heavy (non-hydrogen) atoms.